The summed E-state index contributed by atoms with van der Waals surface area (Å²) >= 11 is 0. The first-order chi connectivity index (χ1) is 22.2. The standard InChI is InChI=1S/C39H46O6P2/c1-37(2,3)33-21-13-19-31(35(33)29-15-9-7-10-16-29)23-46(40)42-25-39(26-43-46)27-44-47(41,45-28-39)24-32-20-14-22-34(38(4,5)6)36(32)30-17-11-8-12-18-30/h7-22H,23-28H2,1-6H3. The Kier molecular flexibility index (Phi) is 9.35. The summed E-state index contributed by atoms with van der Waals surface area (Å²) in [7, 11) is -6.95. The normalized spacial score (nSPS) is 25.1. The molecule has 1 spiro atoms. The van der Waals surface area contributed by atoms with E-state index in [0.717, 1.165) is 33.4 Å². The number of hydrogen-bond donors (Lipinski definition) is 0. The Morgan fingerprint density at radius 1 is 0.511 bits per heavy atom. The lowest BCUT2D eigenvalue weighted by Gasteiger charge is -2.43. The molecule has 8 heteroatoms. The van der Waals surface area contributed by atoms with Crippen LogP contribution in [0.4, 0.5) is 0 Å². The second kappa shape index (κ2) is 12.9. The van der Waals surface area contributed by atoms with E-state index >= 15 is 0 Å². The minimum atomic E-state index is -3.48. The van der Waals surface area contributed by atoms with Crippen LogP contribution >= 0.6 is 15.2 Å². The van der Waals surface area contributed by atoms with Gasteiger partial charge in [0.25, 0.3) is 0 Å². The highest BCUT2D eigenvalue weighted by atomic mass is 31.2. The lowest BCUT2D eigenvalue weighted by atomic mass is 9.80. The van der Waals surface area contributed by atoms with Gasteiger partial charge in [0, 0.05) is 0 Å². The third-order valence-corrected chi connectivity index (χ3v) is 12.6. The van der Waals surface area contributed by atoms with E-state index in [2.05, 4.69) is 77.9 Å². The van der Waals surface area contributed by atoms with E-state index in [4.69, 9.17) is 18.1 Å². The SMILES string of the molecule is CC(C)(C)c1cccc(CP2(=O)OCC3(CO2)COP(=O)(Cc2cccc(C(C)(C)C)c2-c2ccccc2)OC3)c1-c1ccccc1. The Balaban J connectivity index is 1.17. The first-order valence-electron chi connectivity index (χ1n) is 16.3. The van der Waals surface area contributed by atoms with Crippen molar-refractivity contribution < 1.29 is 27.2 Å². The van der Waals surface area contributed by atoms with E-state index in [0.29, 0.717) is 0 Å². The fourth-order valence-corrected chi connectivity index (χ4v) is 10.2. The predicted octanol–water partition coefficient (Wildman–Crippen LogP) is 10.8. The van der Waals surface area contributed by atoms with Gasteiger partial charge in [-0.2, -0.15) is 0 Å². The van der Waals surface area contributed by atoms with Crippen LogP contribution in [-0.2, 0) is 50.4 Å². The van der Waals surface area contributed by atoms with Gasteiger partial charge in [-0.3, -0.25) is 9.13 Å². The highest BCUT2D eigenvalue weighted by Crippen LogP contribution is 2.62. The van der Waals surface area contributed by atoms with E-state index in [1.807, 2.05) is 60.7 Å². The average Bonchev–Trinajstić information content (AvgIpc) is 3.04. The van der Waals surface area contributed by atoms with E-state index in [1.165, 1.54) is 11.1 Å². The Hall–Kier alpha value is -2.82. The summed E-state index contributed by atoms with van der Waals surface area (Å²) in [5.41, 5.74) is 7.56. The van der Waals surface area contributed by atoms with Crippen molar-refractivity contribution in [1.82, 2.24) is 0 Å². The maximum absolute atomic E-state index is 14.0. The van der Waals surface area contributed by atoms with Crippen molar-refractivity contribution in [2.45, 2.75) is 64.7 Å². The quantitative estimate of drug-likeness (QED) is 0.190. The molecule has 2 saturated heterocycles. The van der Waals surface area contributed by atoms with E-state index in [1.54, 1.807) is 0 Å². The highest BCUT2D eigenvalue weighted by Gasteiger charge is 2.49. The largest absolute Gasteiger partial charge is 0.335 e. The van der Waals surface area contributed by atoms with Crippen LogP contribution in [0.1, 0.15) is 63.8 Å². The second-order valence-corrected chi connectivity index (χ2v) is 19.2. The summed E-state index contributed by atoms with van der Waals surface area (Å²) in [5, 5.41) is 0. The van der Waals surface area contributed by atoms with E-state index in [-0.39, 0.29) is 49.6 Å². The molecule has 0 bridgehead atoms. The van der Waals surface area contributed by atoms with Crippen LogP contribution in [0, 0.1) is 5.41 Å². The lowest BCUT2D eigenvalue weighted by Crippen LogP contribution is -2.45. The summed E-state index contributed by atoms with van der Waals surface area (Å²) in [4.78, 5) is 0. The van der Waals surface area contributed by atoms with Crippen molar-refractivity contribution >= 4 is 15.2 Å². The summed E-state index contributed by atoms with van der Waals surface area (Å²) in [6, 6.07) is 32.7. The minimum Gasteiger partial charge on any atom is -0.307 e. The fraction of sp³-hybridized carbons (Fsp3) is 0.385. The molecule has 0 N–H and O–H groups in total. The zero-order valence-corrected chi connectivity index (χ0v) is 30.1. The molecule has 4 aromatic carbocycles. The molecule has 2 aliphatic heterocycles. The summed E-state index contributed by atoms with van der Waals surface area (Å²) in [6.07, 6.45) is 0.313. The van der Waals surface area contributed by atoms with Gasteiger partial charge in [-0.25, -0.2) is 0 Å². The van der Waals surface area contributed by atoms with Crippen LogP contribution in [0.5, 0.6) is 0 Å². The lowest BCUT2D eigenvalue weighted by molar-refractivity contribution is -0.0690. The van der Waals surface area contributed by atoms with Crippen molar-refractivity contribution in [1.29, 1.82) is 0 Å². The molecule has 248 valence electrons. The van der Waals surface area contributed by atoms with Gasteiger partial charge >= 0.3 is 15.2 Å². The summed E-state index contributed by atoms with van der Waals surface area (Å²) in [5.74, 6) is 0. The van der Waals surface area contributed by atoms with Crippen molar-refractivity contribution in [3.8, 4) is 22.3 Å². The zero-order chi connectivity index (χ0) is 33.5. The Labute approximate surface area is 279 Å². The van der Waals surface area contributed by atoms with Gasteiger partial charge < -0.3 is 18.1 Å². The summed E-state index contributed by atoms with van der Waals surface area (Å²) in [6.45, 7) is 13.7. The van der Waals surface area contributed by atoms with Crippen molar-refractivity contribution in [3.05, 3.63) is 119 Å². The van der Waals surface area contributed by atoms with E-state index in [9.17, 15) is 9.13 Å². The molecule has 4 aromatic rings. The molecule has 0 amide bonds. The molecule has 6 rings (SSSR count). The number of rotatable bonds is 6. The topological polar surface area (TPSA) is 71.1 Å². The van der Waals surface area contributed by atoms with Gasteiger partial charge in [0.1, 0.15) is 0 Å². The molecule has 0 aliphatic carbocycles. The molecule has 0 radical (unpaired) electrons. The molecule has 2 fully saturated rings. The first-order valence-corrected chi connectivity index (χ1v) is 19.8. The smallest absolute Gasteiger partial charge is 0.307 e. The maximum atomic E-state index is 14.0. The van der Waals surface area contributed by atoms with Crippen LogP contribution in [0.3, 0.4) is 0 Å². The zero-order valence-electron chi connectivity index (χ0n) is 28.3. The van der Waals surface area contributed by atoms with Crippen LogP contribution in [0.25, 0.3) is 22.3 Å². The van der Waals surface area contributed by atoms with Gasteiger partial charge in [-0.1, -0.05) is 139 Å². The van der Waals surface area contributed by atoms with Gasteiger partial charge in [-0.15, -0.1) is 0 Å². The summed E-state index contributed by atoms with van der Waals surface area (Å²) < 4.78 is 52.4. The Morgan fingerprint density at radius 3 is 1.17 bits per heavy atom. The predicted molar refractivity (Wildman–Crippen MR) is 190 cm³/mol. The van der Waals surface area contributed by atoms with E-state index < -0.39 is 20.6 Å². The Morgan fingerprint density at radius 2 is 0.851 bits per heavy atom. The van der Waals surface area contributed by atoms with Gasteiger partial charge in [0.05, 0.1) is 44.2 Å². The number of hydrogen-bond acceptors (Lipinski definition) is 6. The third kappa shape index (κ3) is 7.44. The van der Waals surface area contributed by atoms with Crippen LogP contribution in [0.2, 0.25) is 0 Å². The van der Waals surface area contributed by atoms with Crippen molar-refractivity contribution in [3.63, 3.8) is 0 Å². The number of benzene rings is 4. The third-order valence-electron chi connectivity index (χ3n) is 9.04. The van der Waals surface area contributed by atoms with Crippen molar-refractivity contribution in [2.24, 2.45) is 5.41 Å². The average molecular weight is 673 g/mol. The molecule has 6 nitrogen and oxygen atoms in total. The molecule has 0 saturated carbocycles. The molecular formula is C39H46O6P2. The van der Waals surface area contributed by atoms with Crippen LogP contribution in [-0.4, -0.2) is 26.4 Å². The Bertz CT molecular complexity index is 1660. The molecule has 0 aromatic heterocycles. The van der Waals surface area contributed by atoms with Crippen LogP contribution in [0.15, 0.2) is 97.1 Å². The molecular weight excluding hydrogens is 626 g/mol. The monoisotopic (exact) mass is 672 g/mol. The van der Waals surface area contributed by atoms with Gasteiger partial charge in [0.2, 0.25) is 0 Å². The fourth-order valence-electron chi connectivity index (χ4n) is 6.47. The van der Waals surface area contributed by atoms with Crippen LogP contribution < -0.4 is 0 Å². The molecule has 2 aliphatic rings. The highest BCUT2D eigenvalue weighted by molar-refractivity contribution is 7.53. The van der Waals surface area contributed by atoms with Gasteiger partial charge in [0.15, 0.2) is 0 Å². The molecule has 0 atom stereocenters. The molecule has 0 unspecified atom stereocenters. The second-order valence-electron chi connectivity index (χ2n) is 15.0. The van der Waals surface area contributed by atoms with Crippen molar-refractivity contribution in [2.75, 3.05) is 26.4 Å². The molecule has 2 heterocycles. The minimum absolute atomic E-state index is 0.116. The first kappa shape index (κ1) is 34.1. The molecule has 47 heavy (non-hydrogen) atoms. The van der Waals surface area contributed by atoms with Gasteiger partial charge in [-0.05, 0) is 55.3 Å². The maximum Gasteiger partial charge on any atom is 0.335 e.